The topological polar surface area (TPSA) is 78.9 Å². The minimum atomic E-state index is -0.795. The smallest absolute Gasteiger partial charge is 0.306 e. The molecule has 0 spiro atoms. The predicted molar refractivity (Wildman–Crippen MR) is 288 cm³/mol. The second-order valence-corrected chi connectivity index (χ2v) is 17.8. The lowest BCUT2D eigenvalue weighted by Crippen LogP contribution is -2.30. The minimum absolute atomic E-state index is 0.0930. The highest BCUT2D eigenvalue weighted by Gasteiger charge is 2.19. The SMILES string of the molecule is CC/C=C\C/C=C\C/C=C\C/C=C\C/C=C\C/C=C\CCCCCCC(=O)OCC(COC(=O)CCCCCCCCC)OC(=O)CCCCCCCC/C=C\C/C=C\C/C=C\CCCCC. The van der Waals surface area contributed by atoms with E-state index in [1.54, 1.807) is 0 Å². The highest BCUT2D eigenvalue weighted by Crippen LogP contribution is 2.13. The van der Waals surface area contributed by atoms with Crippen LogP contribution in [-0.2, 0) is 28.6 Å². The quantitative estimate of drug-likeness (QED) is 0.0262. The molecule has 0 aromatic rings. The number of hydrogen-bond acceptors (Lipinski definition) is 6. The van der Waals surface area contributed by atoms with Gasteiger partial charge in [0.15, 0.2) is 6.10 Å². The molecule has 0 amide bonds. The van der Waals surface area contributed by atoms with Crippen LogP contribution in [0.5, 0.6) is 0 Å². The van der Waals surface area contributed by atoms with Crippen molar-refractivity contribution in [2.24, 2.45) is 0 Å². The largest absolute Gasteiger partial charge is 0.462 e. The molecule has 0 fully saturated rings. The van der Waals surface area contributed by atoms with Gasteiger partial charge in [-0.25, -0.2) is 0 Å². The molecule has 0 aromatic heterocycles. The number of hydrogen-bond donors (Lipinski definition) is 0. The maximum absolute atomic E-state index is 12.8. The predicted octanol–water partition coefficient (Wildman–Crippen LogP) is 18.3. The van der Waals surface area contributed by atoms with Crippen LogP contribution in [0.3, 0.4) is 0 Å². The second-order valence-electron chi connectivity index (χ2n) is 17.8. The van der Waals surface area contributed by atoms with Gasteiger partial charge in [0.05, 0.1) is 0 Å². The van der Waals surface area contributed by atoms with Gasteiger partial charge >= 0.3 is 17.9 Å². The van der Waals surface area contributed by atoms with Crippen LogP contribution in [0.15, 0.2) is 109 Å². The fourth-order valence-electron chi connectivity index (χ4n) is 7.16. The first-order valence-corrected chi connectivity index (χ1v) is 27.4. The molecule has 0 saturated heterocycles. The lowest BCUT2D eigenvalue weighted by Gasteiger charge is -2.18. The van der Waals surface area contributed by atoms with E-state index in [1.807, 2.05) is 0 Å². The zero-order chi connectivity index (χ0) is 48.6. The molecule has 1 unspecified atom stereocenters. The first kappa shape index (κ1) is 63.1. The molecule has 0 aliphatic rings. The van der Waals surface area contributed by atoms with E-state index in [2.05, 4.69) is 130 Å². The van der Waals surface area contributed by atoms with E-state index in [0.717, 1.165) is 135 Å². The van der Waals surface area contributed by atoms with Crippen molar-refractivity contribution in [3.05, 3.63) is 109 Å². The third kappa shape index (κ3) is 52.9. The molecular weight excluding hydrogens is 829 g/mol. The highest BCUT2D eigenvalue weighted by atomic mass is 16.6. The Morgan fingerprint density at radius 1 is 0.313 bits per heavy atom. The van der Waals surface area contributed by atoms with Gasteiger partial charge in [-0.05, 0) is 109 Å². The Labute approximate surface area is 412 Å². The van der Waals surface area contributed by atoms with E-state index >= 15 is 0 Å². The van der Waals surface area contributed by atoms with Gasteiger partial charge in [0.25, 0.3) is 0 Å². The summed E-state index contributed by atoms with van der Waals surface area (Å²) in [5, 5.41) is 0. The van der Waals surface area contributed by atoms with Gasteiger partial charge in [-0.15, -0.1) is 0 Å². The molecule has 6 nitrogen and oxygen atoms in total. The van der Waals surface area contributed by atoms with Crippen molar-refractivity contribution >= 4 is 17.9 Å². The standard InChI is InChI=1S/C61H100O6/c1-4-7-10-13-16-18-20-22-24-26-28-29-30-31-33-34-36-38-40-42-45-48-51-54-60(63)66-57-58(56-65-59(62)53-50-47-44-15-12-9-6-3)67-61(64)55-52-49-46-43-41-39-37-35-32-27-25-23-21-19-17-14-11-8-5-2/h7,10,16-19,22-25,28-29,31-33,35-36,38,58H,4-6,8-9,11-15,20-21,26-27,30,34,37,39-57H2,1-3H3/b10-7-,18-16-,19-17-,24-22-,25-23-,29-28-,33-31-,35-32-,38-36-. The van der Waals surface area contributed by atoms with Crippen LogP contribution < -0.4 is 0 Å². The Kier molecular flexibility index (Phi) is 51.5. The first-order chi connectivity index (χ1) is 33.0. The van der Waals surface area contributed by atoms with Crippen LogP contribution >= 0.6 is 0 Å². The fraction of sp³-hybridized carbons (Fsp3) is 0.656. The third-order valence-electron chi connectivity index (χ3n) is 11.3. The summed E-state index contributed by atoms with van der Waals surface area (Å²) in [6, 6.07) is 0. The molecule has 0 radical (unpaired) electrons. The Morgan fingerprint density at radius 2 is 0.582 bits per heavy atom. The summed E-state index contributed by atoms with van der Waals surface area (Å²) in [6.07, 6.45) is 73.7. The summed E-state index contributed by atoms with van der Waals surface area (Å²) >= 11 is 0. The number of unbranched alkanes of at least 4 members (excludes halogenated alkanes) is 19. The second kappa shape index (κ2) is 54.7. The lowest BCUT2D eigenvalue weighted by atomic mass is 10.1. The van der Waals surface area contributed by atoms with Crippen molar-refractivity contribution in [3.8, 4) is 0 Å². The summed E-state index contributed by atoms with van der Waals surface area (Å²) in [5.41, 5.74) is 0. The van der Waals surface area contributed by atoms with Crippen LogP contribution in [0.4, 0.5) is 0 Å². The first-order valence-electron chi connectivity index (χ1n) is 27.4. The zero-order valence-corrected chi connectivity index (χ0v) is 43.4. The monoisotopic (exact) mass is 929 g/mol. The maximum atomic E-state index is 12.8. The number of carbonyl (C=O) groups is 3. The van der Waals surface area contributed by atoms with Crippen LogP contribution in [-0.4, -0.2) is 37.2 Å². The summed E-state index contributed by atoms with van der Waals surface area (Å²) in [4.78, 5) is 37.9. The molecule has 0 N–H and O–H groups in total. The minimum Gasteiger partial charge on any atom is -0.462 e. The van der Waals surface area contributed by atoms with Crippen molar-refractivity contribution in [1.29, 1.82) is 0 Å². The van der Waals surface area contributed by atoms with Crippen LogP contribution in [0, 0.1) is 0 Å². The van der Waals surface area contributed by atoms with Gasteiger partial charge in [-0.1, -0.05) is 220 Å². The number of ether oxygens (including phenoxy) is 3. The molecule has 0 saturated carbocycles. The summed E-state index contributed by atoms with van der Waals surface area (Å²) < 4.78 is 16.7. The Balaban J connectivity index is 4.33. The normalized spacial score (nSPS) is 12.9. The number of allylic oxidation sites excluding steroid dienone is 18. The summed E-state index contributed by atoms with van der Waals surface area (Å²) in [7, 11) is 0. The fourth-order valence-corrected chi connectivity index (χ4v) is 7.16. The molecule has 0 heterocycles. The van der Waals surface area contributed by atoms with Gasteiger partial charge < -0.3 is 14.2 Å². The summed E-state index contributed by atoms with van der Waals surface area (Å²) in [5.74, 6) is -0.941. The van der Waals surface area contributed by atoms with Crippen molar-refractivity contribution < 1.29 is 28.6 Å². The van der Waals surface area contributed by atoms with E-state index in [1.165, 1.54) is 64.2 Å². The molecule has 1 atom stereocenters. The van der Waals surface area contributed by atoms with Gasteiger partial charge in [-0.2, -0.15) is 0 Å². The van der Waals surface area contributed by atoms with Crippen LogP contribution in [0.2, 0.25) is 0 Å². The molecule has 0 aliphatic carbocycles. The highest BCUT2D eigenvalue weighted by molar-refractivity contribution is 5.71. The molecular formula is C61H100O6. The van der Waals surface area contributed by atoms with Crippen LogP contribution in [0.1, 0.15) is 239 Å². The van der Waals surface area contributed by atoms with Gasteiger partial charge in [0.2, 0.25) is 0 Å². The number of carbonyl (C=O) groups excluding carboxylic acids is 3. The van der Waals surface area contributed by atoms with Gasteiger partial charge in [-0.3, -0.25) is 14.4 Å². The molecule has 0 aromatic carbocycles. The maximum Gasteiger partial charge on any atom is 0.306 e. The van der Waals surface area contributed by atoms with Gasteiger partial charge in [0, 0.05) is 19.3 Å². The van der Waals surface area contributed by atoms with Crippen molar-refractivity contribution in [3.63, 3.8) is 0 Å². The van der Waals surface area contributed by atoms with E-state index < -0.39 is 6.10 Å². The van der Waals surface area contributed by atoms with Crippen molar-refractivity contribution in [2.45, 2.75) is 245 Å². The Morgan fingerprint density at radius 3 is 0.940 bits per heavy atom. The Bertz CT molecular complexity index is 1390. The molecule has 0 bridgehead atoms. The van der Waals surface area contributed by atoms with Crippen molar-refractivity contribution in [2.75, 3.05) is 13.2 Å². The third-order valence-corrected chi connectivity index (χ3v) is 11.3. The average molecular weight is 929 g/mol. The van der Waals surface area contributed by atoms with E-state index in [4.69, 9.17) is 14.2 Å². The molecule has 0 aliphatic heterocycles. The summed E-state index contributed by atoms with van der Waals surface area (Å²) in [6.45, 7) is 6.41. The average Bonchev–Trinajstić information content (AvgIpc) is 3.33. The Hall–Kier alpha value is -3.93. The zero-order valence-electron chi connectivity index (χ0n) is 43.4. The number of rotatable bonds is 48. The van der Waals surface area contributed by atoms with E-state index in [-0.39, 0.29) is 31.1 Å². The number of esters is 3. The van der Waals surface area contributed by atoms with Gasteiger partial charge in [0.1, 0.15) is 13.2 Å². The molecule has 0 rings (SSSR count). The van der Waals surface area contributed by atoms with E-state index in [9.17, 15) is 14.4 Å². The molecule has 380 valence electrons. The lowest BCUT2D eigenvalue weighted by molar-refractivity contribution is -0.167. The van der Waals surface area contributed by atoms with Crippen LogP contribution in [0.25, 0.3) is 0 Å². The molecule has 6 heteroatoms. The van der Waals surface area contributed by atoms with Crippen molar-refractivity contribution in [1.82, 2.24) is 0 Å². The molecule has 67 heavy (non-hydrogen) atoms. The van der Waals surface area contributed by atoms with E-state index in [0.29, 0.717) is 19.3 Å².